The van der Waals surface area contributed by atoms with Gasteiger partial charge in [0.25, 0.3) is 0 Å². The third-order valence-corrected chi connectivity index (χ3v) is 9.14. The van der Waals surface area contributed by atoms with Crippen molar-refractivity contribution < 1.29 is 34.0 Å². The first-order valence-electron chi connectivity index (χ1n) is 15.7. The molecule has 0 spiro atoms. The van der Waals surface area contributed by atoms with E-state index in [9.17, 15) is 19.8 Å². The number of carbonyl (C=O) groups is 2. The van der Waals surface area contributed by atoms with E-state index in [1.165, 1.54) is 0 Å². The van der Waals surface area contributed by atoms with Crippen LogP contribution >= 0.6 is 0 Å². The SMILES string of the molecule is Cc1ccc([C@@]23OC[C@@](C)(C[C@H](O)[C@H]2O)O3)cc1Cc1ccc(OCCCC(=O)NC2(C(=O)NCCN(C)C)CCC2)cc1. The molecular formula is C34H47N3O7. The number of aryl methyl sites for hydroxylation is 1. The summed E-state index contributed by atoms with van der Waals surface area (Å²) in [6, 6.07) is 13.8. The molecule has 2 amide bonds. The highest BCUT2D eigenvalue weighted by molar-refractivity contribution is 5.92. The van der Waals surface area contributed by atoms with Crippen LogP contribution in [0.25, 0.3) is 0 Å². The smallest absolute Gasteiger partial charge is 0.245 e. The minimum atomic E-state index is -1.37. The third kappa shape index (κ3) is 6.94. The first-order chi connectivity index (χ1) is 20.9. The zero-order chi connectivity index (χ0) is 31.5. The summed E-state index contributed by atoms with van der Waals surface area (Å²) in [5.74, 6) is -0.872. The number of fused-ring (bicyclic) bond motifs is 2. The number of ether oxygens (including phenoxy) is 3. The number of nitrogens with one attached hydrogen (secondary N) is 2. The van der Waals surface area contributed by atoms with Gasteiger partial charge in [0, 0.05) is 31.5 Å². The molecule has 0 radical (unpaired) electrons. The van der Waals surface area contributed by atoms with Crippen LogP contribution < -0.4 is 15.4 Å². The van der Waals surface area contributed by atoms with Gasteiger partial charge in [-0.05, 0) is 94.9 Å². The lowest BCUT2D eigenvalue weighted by Gasteiger charge is -2.42. The van der Waals surface area contributed by atoms with Crippen molar-refractivity contribution in [1.82, 2.24) is 15.5 Å². The molecule has 1 saturated carbocycles. The highest BCUT2D eigenvalue weighted by atomic mass is 16.8. The van der Waals surface area contributed by atoms with Crippen molar-refractivity contribution in [1.29, 1.82) is 0 Å². The van der Waals surface area contributed by atoms with E-state index in [4.69, 9.17) is 14.2 Å². The number of hydrogen-bond acceptors (Lipinski definition) is 8. The fraction of sp³-hybridized carbons (Fsp3) is 0.588. The van der Waals surface area contributed by atoms with Crippen LogP contribution in [0.15, 0.2) is 42.5 Å². The number of nitrogens with zero attached hydrogens (tertiary/aromatic N) is 1. The van der Waals surface area contributed by atoms with Crippen LogP contribution in [0.5, 0.6) is 5.75 Å². The normalized spacial score (nSPS) is 27.1. The Kier molecular flexibility index (Phi) is 9.67. The molecule has 4 N–H and O–H groups in total. The zero-order valence-corrected chi connectivity index (χ0v) is 26.4. The molecule has 10 heteroatoms. The van der Waals surface area contributed by atoms with Gasteiger partial charge < -0.3 is 40.0 Å². The fourth-order valence-corrected chi connectivity index (χ4v) is 6.31. The predicted molar refractivity (Wildman–Crippen MR) is 165 cm³/mol. The maximum atomic E-state index is 12.7. The lowest BCUT2D eigenvalue weighted by molar-refractivity contribution is -0.296. The molecule has 2 aliphatic heterocycles. The average Bonchev–Trinajstić information content (AvgIpc) is 3.27. The molecule has 2 heterocycles. The fourth-order valence-electron chi connectivity index (χ4n) is 6.31. The highest BCUT2D eigenvalue weighted by Crippen LogP contribution is 2.49. The highest BCUT2D eigenvalue weighted by Gasteiger charge is 2.61. The van der Waals surface area contributed by atoms with Gasteiger partial charge in [0.05, 0.1) is 24.9 Å². The van der Waals surface area contributed by atoms with Crippen LogP contribution in [0.1, 0.15) is 67.7 Å². The van der Waals surface area contributed by atoms with E-state index in [1.54, 1.807) is 0 Å². The van der Waals surface area contributed by atoms with E-state index in [0.29, 0.717) is 63.8 Å². The molecule has 2 aromatic carbocycles. The van der Waals surface area contributed by atoms with Crippen molar-refractivity contribution in [2.75, 3.05) is 40.4 Å². The minimum Gasteiger partial charge on any atom is -0.494 e. The first-order valence-corrected chi connectivity index (χ1v) is 15.7. The summed E-state index contributed by atoms with van der Waals surface area (Å²) in [5.41, 5.74) is 2.55. The number of rotatable bonds is 13. The van der Waals surface area contributed by atoms with Crippen LogP contribution in [0.4, 0.5) is 0 Å². The Labute approximate surface area is 260 Å². The third-order valence-electron chi connectivity index (χ3n) is 9.14. The Morgan fingerprint density at radius 1 is 1.11 bits per heavy atom. The molecule has 240 valence electrons. The molecule has 3 aliphatic rings. The predicted octanol–water partition coefficient (Wildman–Crippen LogP) is 2.55. The lowest BCUT2D eigenvalue weighted by atomic mass is 9.75. The topological polar surface area (TPSA) is 130 Å². The first kappa shape index (κ1) is 32.4. The number of likely N-dealkylation sites (N-methyl/N-ethyl adjacent to an activating group) is 1. The number of amides is 2. The van der Waals surface area contributed by atoms with E-state index in [1.807, 2.05) is 75.3 Å². The number of carbonyl (C=O) groups excluding carboxylic acids is 2. The van der Waals surface area contributed by atoms with Gasteiger partial charge in [-0.25, -0.2) is 0 Å². The van der Waals surface area contributed by atoms with Gasteiger partial charge in [0.15, 0.2) is 0 Å². The molecule has 10 nitrogen and oxygen atoms in total. The van der Waals surface area contributed by atoms with E-state index in [0.717, 1.165) is 35.4 Å². The molecular weight excluding hydrogens is 562 g/mol. The van der Waals surface area contributed by atoms with Crippen LogP contribution in [0.2, 0.25) is 0 Å². The second-order valence-corrected chi connectivity index (χ2v) is 13.2. The summed E-state index contributed by atoms with van der Waals surface area (Å²) in [6.07, 6.45) is 2.01. The van der Waals surface area contributed by atoms with Gasteiger partial charge >= 0.3 is 0 Å². The summed E-state index contributed by atoms with van der Waals surface area (Å²) in [6.45, 7) is 5.96. The van der Waals surface area contributed by atoms with Gasteiger partial charge in [-0.1, -0.05) is 24.3 Å². The van der Waals surface area contributed by atoms with Crippen molar-refractivity contribution in [2.24, 2.45) is 0 Å². The average molecular weight is 610 g/mol. The molecule has 0 unspecified atom stereocenters. The molecule has 3 fully saturated rings. The molecule has 1 aliphatic carbocycles. The summed E-state index contributed by atoms with van der Waals surface area (Å²) < 4.78 is 18.2. The standard InChI is InChI=1S/C34H47N3O7/c1-23-8-11-26(34-30(40)28(38)21-32(2,44-34)22-43-34)20-25(23)19-24-9-12-27(13-10-24)42-18-5-7-29(39)36-33(14-6-15-33)31(41)35-16-17-37(3)4/h8-13,20,28,30,38,40H,5-7,14-19,21-22H2,1-4H3,(H,35,41)(H,36,39)/t28-,30+,32+,34-/m0/s1. The van der Waals surface area contributed by atoms with Crippen molar-refractivity contribution in [3.05, 3.63) is 64.7 Å². The van der Waals surface area contributed by atoms with E-state index in [-0.39, 0.29) is 11.8 Å². The Bertz CT molecular complexity index is 1330. The number of hydrogen-bond donors (Lipinski definition) is 4. The molecule has 4 atom stereocenters. The number of aliphatic hydroxyl groups is 2. The van der Waals surface area contributed by atoms with Crippen LogP contribution in [-0.4, -0.2) is 90.7 Å². The summed E-state index contributed by atoms with van der Waals surface area (Å²) in [4.78, 5) is 27.3. The van der Waals surface area contributed by atoms with E-state index >= 15 is 0 Å². The van der Waals surface area contributed by atoms with E-state index < -0.39 is 29.1 Å². The monoisotopic (exact) mass is 609 g/mol. The molecule has 44 heavy (non-hydrogen) atoms. The Hall–Kier alpha value is -3.02. The Balaban J connectivity index is 1.10. The molecule has 2 aromatic rings. The van der Waals surface area contributed by atoms with Crippen molar-refractivity contribution in [2.45, 2.75) is 87.9 Å². The van der Waals surface area contributed by atoms with Crippen LogP contribution in [0, 0.1) is 6.92 Å². The molecule has 0 aromatic heterocycles. The Morgan fingerprint density at radius 2 is 1.86 bits per heavy atom. The molecule has 5 rings (SSSR count). The molecule has 2 saturated heterocycles. The van der Waals surface area contributed by atoms with Crippen LogP contribution in [0.3, 0.4) is 0 Å². The lowest BCUT2D eigenvalue weighted by Crippen LogP contribution is -2.63. The van der Waals surface area contributed by atoms with Gasteiger partial charge in [-0.3, -0.25) is 9.59 Å². The van der Waals surface area contributed by atoms with Crippen molar-refractivity contribution in [3.63, 3.8) is 0 Å². The molecule has 2 bridgehead atoms. The maximum absolute atomic E-state index is 12.7. The van der Waals surface area contributed by atoms with Gasteiger partial charge in [-0.15, -0.1) is 0 Å². The number of aliphatic hydroxyl groups excluding tert-OH is 2. The number of benzene rings is 2. The van der Waals surface area contributed by atoms with Gasteiger partial charge in [0.1, 0.15) is 17.4 Å². The van der Waals surface area contributed by atoms with Crippen LogP contribution in [-0.2, 0) is 31.3 Å². The zero-order valence-electron chi connectivity index (χ0n) is 26.4. The quantitative estimate of drug-likeness (QED) is 0.255. The second kappa shape index (κ2) is 13.1. The summed E-state index contributed by atoms with van der Waals surface area (Å²) >= 11 is 0. The largest absolute Gasteiger partial charge is 0.494 e. The van der Waals surface area contributed by atoms with Crippen molar-refractivity contribution in [3.8, 4) is 5.75 Å². The summed E-state index contributed by atoms with van der Waals surface area (Å²) in [5, 5.41) is 27.3. The van der Waals surface area contributed by atoms with E-state index in [2.05, 4.69) is 10.6 Å². The summed E-state index contributed by atoms with van der Waals surface area (Å²) in [7, 11) is 3.91. The second-order valence-electron chi connectivity index (χ2n) is 13.2. The minimum absolute atomic E-state index is 0.0922. The van der Waals surface area contributed by atoms with Gasteiger partial charge in [-0.2, -0.15) is 0 Å². The van der Waals surface area contributed by atoms with Gasteiger partial charge in [0.2, 0.25) is 17.6 Å². The maximum Gasteiger partial charge on any atom is 0.245 e. The van der Waals surface area contributed by atoms with Crippen molar-refractivity contribution >= 4 is 11.8 Å². The Morgan fingerprint density at radius 3 is 2.55 bits per heavy atom.